The van der Waals surface area contributed by atoms with Crippen LogP contribution in [0.4, 0.5) is 24.5 Å². The van der Waals surface area contributed by atoms with Crippen molar-refractivity contribution in [2.75, 3.05) is 18.6 Å². The molecule has 7 heteroatoms. The Hall–Kier alpha value is -3.45. The number of rotatable bonds is 5. The first-order chi connectivity index (χ1) is 14.8. The Morgan fingerprint density at radius 2 is 1.65 bits per heavy atom. The van der Waals surface area contributed by atoms with Gasteiger partial charge in [0.25, 0.3) is 5.91 Å². The molecule has 31 heavy (non-hydrogen) atoms. The smallest absolute Gasteiger partial charge is 0.316 e. The number of nitrogens with zero attached hydrogens (tertiary/aromatic N) is 2. The normalized spacial score (nSPS) is 15.9. The molecular weight excluding hydrogens is 403 g/mol. The van der Waals surface area contributed by atoms with Crippen LogP contribution in [-0.4, -0.2) is 25.3 Å². The summed E-state index contributed by atoms with van der Waals surface area (Å²) in [5.41, 5.74) is 1.94. The minimum absolute atomic E-state index is 0.0971. The SMILES string of the molecule is C[NH+](Cc1ccccc1)CN1C(=O)C(=Nc2cccc(C(F)(F)F)c2)c2ccccc21. The zero-order valence-corrected chi connectivity index (χ0v) is 16.9. The monoisotopic (exact) mass is 424 g/mol. The molecule has 1 unspecified atom stereocenters. The lowest BCUT2D eigenvalue weighted by atomic mass is 10.1. The standard InChI is InChI=1S/C24H20F3N3O/c1-29(15-17-8-3-2-4-9-17)16-30-21-13-6-5-12-20(21)22(23(30)31)28-19-11-7-10-18(14-19)24(25,26)27/h2-14H,15-16H2,1H3/p+1. The molecule has 1 N–H and O–H groups in total. The van der Waals surface area contributed by atoms with Crippen LogP contribution in [0.15, 0.2) is 83.9 Å². The minimum atomic E-state index is -4.47. The van der Waals surface area contributed by atoms with Gasteiger partial charge in [-0.25, -0.2) is 4.99 Å². The number of fused-ring (bicyclic) bond motifs is 1. The number of alkyl halides is 3. The molecule has 4 nitrogen and oxygen atoms in total. The Morgan fingerprint density at radius 3 is 2.39 bits per heavy atom. The van der Waals surface area contributed by atoms with Gasteiger partial charge in [-0.3, -0.25) is 9.69 Å². The third kappa shape index (κ3) is 4.51. The number of carbonyl (C=O) groups is 1. The second kappa shape index (κ2) is 8.35. The van der Waals surface area contributed by atoms with E-state index < -0.39 is 11.7 Å². The number of nitrogens with one attached hydrogen (secondary N) is 1. The fraction of sp³-hybridized carbons (Fsp3) is 0.167. The molecule has 0 fully saturated rings. The number of hydrogen-bond acceptors (Lipinski definition) is 2. The lowest BCUT2D eigenvalue weighted by Crippen LogP contribution is -3.09. The topological polar surface area (TPSA) is 37.1 Å². The van der Waals surface area contributed by atoms with Gasteiger partial charge in [0, 0.05) is 11.1 Å². The van der Waals surface area contributed by atoms with Crippen LogP contribution in [0.2, 0.25) is 0 Å². The molecule has 0 saturated carbocycles. The number of halogens is 3. The Labute approximate surface area is 178 Å². The highest BCUT2D eigenvalue weighted by Gasteiger charge is 2.36. The zero-order valence-electron chi connectivity index (χ0n) is 16.9. The molecule has 1 heterocycles. The Balaban J connectivity index is 1.63. The molecule has 0 bridgehead atoms. The van der Waals surface area contributed by atoms with Gasteiger partial charge < -0.3 is 4.90 Å². The summed E-state index contributed by atoms with van der Waals surface area (Å²) in [7, 11) is 1.99. The molecular formula is C24H21F3N3O+. The van der Waals surface area contributed by atoms with Crippen molar-refractivity contribution >= 4 is 23.0 Å². The van der Waals surface area contributed by atoms with Crippen LogP contribution in [0.25, 0.3) is 0 Å². The predicted molar refractivity (Wildman–Crippen MR) is 113 cm³/mol. The number of carbonyl (C=O) groups excluding carboxylic acids is 1. The van der Waals surface area contributed by atoms with Crippen molar-refractivity contribution in [2.24, 2.45) is 4.99 Å². The maximum absolute atomic E-state index is 13.2. The van der Waals surface area contributed by atoms with Gasteiger partial charge in [-0.15, -0.1) is 0 Å². The summed E-state index contributed by atoms with van der Waals surface area (Å²) in [5.74, 6) is -0.314. The van der Waals surface area contributed by atoms with E-state index in [2.05, 4.69) is 4.99 Å². The third-order valence-corrected chi connectivity index (χ3v) is 5.09. The summed E-state index contributed by atoms with van der Waals surface area (Å²) >= 11 is 0. The van der Waals surface area contributed by atoms with Gasteiger partial charge in [-0.2, -0.15) is 13.2 Å². The number of anilines is 1. The molecule has 0 aromatic heterocycles. The first-order valence-corrected chi connectivity index (χ1v) is 9.85. The maximum atomic E-state index is 13.2. The highest BCUT2D eigenvalue weighted by molar-refractivity contribution is 6.54. The van der Waals surface area contributed by atoms with E-state index in [0.717, 1.165) is 29.1 Å². The van der Waals surface area contributed by atoms with Gasteiger partial charge in [0.15, 0.2) is 6.67 Å². The van der Waals surface area contributed by atoms with Crippen LogP contribution in [0.3, 0.4) is 0 Å². The van der Waals surface area contributed by atoms with E-state index in [4.69, 9.17) is 0 Å². The average molecular weight is 424 g/mol. The summed E-state index contributed by atoms with van der Waals surface area (Å²) < 4.78 is 39.2. The first kappa shape index (κ1) is 20.8. The van der Waals surface area contributed by atoms with E-state index in [1.54, 1.807) is 17.0 Å². The number of amides is 1. The van der Waals surface area contributed by atoms with Crippen LogP contribution in [0, 0.1) is 0 Å². The van der Waals surface area contributed by atoms with Crippen LogP contribution >= 0.6 is 0 Å². The molecule has 3 aromatic carbocycles. The van der Waals surface area contributed by atoms with E-state index in [1.165, 1.54) is 12.1 Å². The van der Waals surface area contributed by atoms with Crippen molar-refractivity contribution in [2.45, 2.75) is 12.7 Å². The van der Waals surface area contributed by atoms with E-state index in [1.807, 2.05) is 49.5 Å². The molecule has 3 aromatic rings. The van der Waals surface area contributed by atoms with Crippen LogP contribution in [0.1, 0.15) is 16.7 Å². The number of benzene rings is 3. The van der Waals surface area contributed by atoms with Crippen molar-refractivity contribution in [3.05, 3.63) is 95.6 Å². The predicted octanol–water partition coefficient (Wildman–Crippen LogP) is 3.85. The lowest BCUT2D eigenvalue weighted by molar-refractivity contribution is -0.892. The number of aliphatic imine (C=N–C) groups is 1. The zero-order chi connectivity index (χ0) is 22.0. The van der Waals surface area contributed by atoms with Crippen LogP contribution in [0.5, 0.6) is 0 Å². The largest absolute Gasteiger partial charge is 0.416 e. The van der Waals surface area contributed by atoms with Crippen LogP contribution < -0.4 is 9.80 Å². The molecule has 1 atom stereocenters. The fourth-order valence-electron chi connectivity index (χ4n) is 3.68. The molecule has 0 radical (unpaired) electrons. The number of quaternary nitrogens is 1. The summed E-state index contributed by atoms with van der Waals surface area (Å²) in [5, 5.41) is 0. The quantitative estimate of drug-likeness (QED) is 0.664. The third-order valence-electron chi connectivity index (χ3n) is 5.09. The van der Waals surface area contributed by atoms with Gasteiger partial charge in [0.2, 0.25) is 0 Å². The van der Waals surface area contributed by atoms with Crippen molar-refractivity contribution in [1.29, 1.82) is 0 Å². The second-order valence-corrected chi connectivity index (χ2v) is 7.54. The second-order valence-electron chi connectivity index (χ2n) is 7.54. The summed E-state index contributed by atoms with van der Waals surface area (Å²) in [6.07, 6.45) is -4.47. The average Bonchev–Trinajstić information content (AvgIpc) is 3.00. The molecule has 1 aliphatic heterocycles. The van der Waals surface area contributed by atoms with Gasteiger partial charge in [-0.1, -0.05) is 54.6 Å². The van der Waals surface area contributed by atoms with Crippen molar-refractivity contribution in [1.82, 2.24) is 0 Å². The summed E-state index contributed by atoms with van der Waals surface area (Å²) in [6.45, 7) is 1.14. The summed E-state index contributed by atoms with van der Waals surface area (Å²) in [6, 6.07) is 21.9. The molecule has 4 rings (SSSR count). The Morgan fingerprint density at radius 1 is 0.935 bits per heavy atom. The highest BCUT2D eigenvalue weighted by Crippen LogP contribution is 2.33. The molecule has 0 saturated heterocycles. The van der Waals surface area contributed by atoms with Gasteiger partial charge in [0.1, 0.15) is 12.3 Å². The van der Waals surface area contributed by atoms with E-state index >= 15 is 0 Å². The molecule has 1 aliphatic rings. The molecule has 1 amide bonds. The lowest BCUT2D eigenvalue weighted by Gasteiger charge is -2.22. The van der Waals surface area contributed by atoms with Gasteiger partial charge >= 0.3 is 6.18 Å². The number of para-hydroxylation sites is 1. The van der Waals surface area contributed by atoms with Crippen LogP contribution in [-0.2, 0) is 17.5 Å². The van der Waals surface area contributed by atoms with Crippen molar-refractivity contribution in [3.63, 3.8) is 0 Å². The maximum Gasteiger partial charge on any atom is 0.416 e. The molecule has 158 valence electrons. The van der Waals surface area contributed by atoms with E-state index in [9.17, 15) is 18.0 Å². The van der Waals surface area contributed by atoms with Gasteiger partial charge in [0.05, 0.1) is 24.0 Å². The minimum Gasteiger partial charge on any atom is -0.316 e. The van der Waals surface area contributed by atoms with Gasteiger partial charge in [-0.05, 0) is 24.3 Å². The van der Waals surface area contributed by atoms with Crippen molar-refractivity contribution < 1.29 is 22.9 Å². The summed E-state index contributed by atoms with van der Waals surface area (Å²) in [4.78, 5) is 20.2. The Kier molecular flexibility index (Phi) is 5.61. The van der Waals surface area contributed by atoms with Crippen molar-refractivity contribution in [3.8, 4) is 0 Å². The van der Waals surface area contributed by atoms with E-state index in [0.29, 0.717) is 17.9 Å². The molecule has 0 spiro atoms. The first-order valence-electron chi connectivity index (χ1n) is 9.85. The van der Waals surface area contributed by atoms with E-state index in [-0.39, 0.29) is 17.3 Å². The fourth-order valence-corrected chi connectivity index (χ4v) is 3.68. The number of hydrogen-bond donors (Lipinski definition) is 1. The Bertz CT molecular complexity index is 1130. The highest BCUT2D eigenvalue weighted by atomic mass is 19.4. The molecule has 0 aliphatic carbocycles.